The maximum atomic E-state index is 13.3. The van der Waals surface area contributed by atoms with Crippen LogP contribution < -0.4 is 0 Å². The third-order valence-electron chi connectivity index (χ3n) is 3.91. The van der Waals surface area contributed by atoms with E-state index >= 15 is 0 Å². The van der Waals surface area contributed by atoms with E-state index in [1.165, 1.54) is 12.1 Å². The highest BCUT2D eigenvalue weighted by Crippen LogP contribution is 2.28. The van der Waals surface area contributed by atoms with Crippen LogP contribution in [0.15, 0.2) is 49.3 Å². The fourth-order valence-electron chi connectivity index (χ4n) is 2.66. The van der Waals surface area contributed by atoms with Crippen LogP contribution in [-0.4, -0.2) is 9.55 Å². The molecule has 0 aliphatic rings. The number of benzene rings is 2. The van der Waals surface area contributed by atoms with E-state index in [0.29, 0.717) is 17.2 Å². The molecule has 3 rings (SSSR count). The Labute approximate surface area is 134 Å². The van der Waals surface area contributed by atoms with Crippen molar-refractivity contribution in [1.29, 1.82) is 5.26 Å². The molecule has 3 nitrogen and oxygen atoms in total. The molecule has 0 radical (unpaired) electrons. The van der Waals surface area contributed by atoms with Gasteiger partial charge >= 0.3 is 0 Å². The van der Waals surface area contributed by atoms with Gasteiger partial charge in [0.2, 0.25) is 0 Å². The molecule has 0 bridgehead atoms. The molecule has 0 unspecified atom stereocenters. The number of rotatable bonds is 3. The Morgan fingerprint density at radius 2 is 2.04 bits per heavy atom. The fourth-order valence-corrected chi connectivity index (χ4v) is 2.66. The number of aromatic nitrogens is 2. The highest BCUT2D eigenvalue weighted by molar-refractivity contribution is 5.86. The minimum Gasteiger partial charge on any atom is -0.328 e. The Bertz CT molecular complexity index is 945. The van der Waals surface area contributed by atoms with E-state index in [4.69, 9.17) is 0 Å². The topological polar surface area (TPSA) is 41.6 Å². The van der Waals surface area contributed by atoms with Gasteiger partial charge in [-0.3, -0.25) is 0 Å². The molecule has 114 valence electrons. The zero-order chi connectivity index (χ0) is 16.6. The molecule has 0 fully saturated rings. The van der Waals surface area contributed by atoms with E-state index in [1.54, 1.807) is 6.07 Å². The summed E-state index contributed by atoms with van der Waals surface area (Å²) in [5.41, 5.74) is 4.39. The molecule has 1 aromatic heterocycles. The van der Waals surface area contributed by atoms with Crippen LogP contribution in [0.5, 0.6) is 0 Å². The molecule has 3 aromatic rings. The van der Waals surface area contributed by atoms with Crippen molar-refractivity contribution < 1.29 is 4.39 Å². The van der Waals surface area contributed by atoms with Gasteiger partial charge in [0.05, 0.1) is 29.0 Å². The number of hydrogen-bond acceptors (Lipinski definition) is 2. The van der Waals surface area contributed by atoms with E-state index in [1.807, 2.05) is 30.6 Å². The SMILES string of the molecule is C=C(c1ccc2c(c1)ncn2C(C)C)c1ccc(F)cc1C#N. The van der Waals surface area contributed by atoms with Crippen LogP contribution in [0.3, 0.4) is 0 Å². The number of halogens is 1. The summed E-state index contributed by atoms with van der Waals surface area (Å²) in [6, 6.07) is 12.4. The molecule has 23 heavy (non-hydrogen) atoms. The van der Waals surface area contributed by atoms with Crippen LogP contribution in [0.2, 0.25) is 0 Å². The highest BCUT2D eigenvalue weighted by atomic mass is 19.1. The van der Waals surface area contributed by atoms with Gasteiger partial charge in [-0.2, -0.15) is 5.26 Å². The van der Waals surface area contributed by atoms with Crippen molar-refractivity contribution in [3.8, 4) is 6.07 Å². The highest BCUT2D eigenvalue weighted by Gasteiger charge is 2.12. The van der Waals surface area contributed by atoms with Crippen LogP contribution in [0, 0.1) is 17.1 Å². The summed E-state index contributed by atoms with van der Waals surface area (Å²) in [6.07, 6.45) is 1.82. The molecule has 4 heteroatoms. The minimum atomic E-state index is -0.427. The van der Waals surface area contributed by atoms with Gasteiger partial charge in [0.25, 0.3) is 0 Å². The predicted octanol–water partition coefficient (Wildman–Crippen LogP) is 4.69. The van der Waals surface area contributed by atoms with Gasteiger partial charge in [-0.05, 0) is 54.8 Å². The van der Waals surface area contributed by atoms with Gasteiger partial charge in [-0.15, -0.1) is 0 Å². The normalized spacial score (nSPS) is 10.9. The Hall–Kier alpha value is -2.93. The van der Waals surface area contributed by atoms with Gasteiger partial charge in [-0.1, -0.05) is 18.7 Å². The molecule has 0 spiro atoms. The Kier molecular flexibility index (Phi) is 3.71. The first-order chi connectivity index (χ1) is 11.0. The lowest BCUT2D eigenvalue weighted by atomic mass is 9.95. The van der Waals surface area contributed by atoms with Crippen molar-refractivity contribution in [3.63, 3.8) is 0 Å². The average molecular weight is 305 g/mol. The summed E-state index contributed by atoms with van der Waals surface area (Å²) in [7, 11) is 0. The van der Waals surface area contributed by atoms with Crippen molar-refractivity contribution >= 4 is 16.6 Å². The molecule has 0 aliphatic heterocycles. The van der Waals surface area contributed by atoms with Crippen LogP contribution in [0.4, 0.5) is 4.39 Å². The van der Waals surface area contributed by atoms with E-state index in [2.05, 4.69) is 30.0 Å². The Morgan fingerprint density at radius 1 is 1.26 bits per heavy atom. The largest absolute Gasteiger partial charge is 0.328 e. The second kappa shape index (κ2) is 5.69. The Morgan fingerprint density at radius 3 is 2.74 bits per heavy atom. The number of nitriles is 1. The Balaban J connectivity index is 2.07. The van der Waals surface area contributed by atoms with Gasteiger partial charge < -0.3 is 4.57 Å². The molecule has 0 atom stereocenters. The summed E-state index contributed by atoms with van der Waals surface area (Å²) < 4.78 is 15.4. The number of hydrogen-bond donors (Lipinski definition) is 0. The molecule has 0 saturated heterocycles. The van der Waals surface area contributed by atoms with Crippen molar-refractivity contribution in [2.24, 2.45) is 0 Å². The lowest BCUT2D eigenvalue weighted by Crippen LogP contribution is -1.98. The average Bonchev–Trinajstić information content (AvgIpc) is 2.97. The maximum Gasteiger partial charge on any atom is 0.124 e. The zero-order valence-corrected chi connectivity index (χ0v) is 13.0. The quantitative estimate of drug-likeness (QED) is 0.704. The molecule has 2 aromatic carbocycles. The van der Waals surface area contributed by atoms with Gasteiger partial charge in [0, 0.05) is 6.04 Å². The number of imidazole rings is 1. The third kappa shape index (κ3) is 2.62. The van der Waals surface area contributed by atoms with E-state index in [-0.39, 0.29) is 5.56 Å². The summed E-state index contributed by atoms with van der Waals surface area (Å²) in [6.45, 7) is 8.28. The van der Waals surface area contributed by atoms with E-state index < -0.39 is 5.82 Å². The maximum absolute atomic E-state index is 13.3. The molecule has 0 amide bonds. The van der Waals surface area contributed by atoms with Crippen molar-refractivity contribution in [2.75, 3.05) is 0 Å². The lowest BCUT2D eigenvalue weighted by Gasteiger charge is -2.10. The number of nitrogens with zero attached hydrogens (tertiary/aromatic N) is 3. The second-order valence-corrected chi connectivity index (χ2v) is 5.73. The summed E-state index contributed by atoms with van der Waals surface area (Å²) >= 11 is 0. The molecule has 1 heterocycles. The van der Waals surface area contributed by atoms with Crippen molar-refractivity contribution in [3.05, 3.63) is 71.8 Å². The van der Waals surface area contributed by atoms with Crippen LogP contribution in [0.1, 0.15) is 36.6 Å². The first-order valence-corrected chi connectivity index (χ1v) is 7.37. The predicted molar refractivity (Wildman–Crippen MR) is 89.4 cm³/mol. The van der Waals surface area contributed by atoms with Crippen LogP contribution >= 0.6 is 0 Å². The van der Waals surface area contributed by atoms with Crippen LogP contribution in [-0.2, 0) is 0 Å². The summed E-state index contributed by atoms with van der Waals surface area (Å²) in [5.74, 6) is -0.427. The minimum absolute atomic E-state index is 0.280. The molecular weight excluding hydrogens is 289 g/mol. The van der Waals surface area contributed by atoms with Crippen LogP contribution in [0.25, 0.3) is 16.6 Å². The summed E-state index contributed by atoms with van der Waals surface area (Å²) in [5, 5.41) is 9.20. The van der Waals surface area contributed by atoms with E-state index in [0.717, 1.165) is 16.6 Å². The van der Waals surface area contributed by atoms with E-state index in [9.17, 15) is 9.65 Å². The van der Waals surface area contributed by atoms with Crippen molar-refractivity contribution in [1.82, 2.24) is 9.55 Å². The lowest BCUT2D eigenvalue weighted by molar-refractivity contribution is 0.617. The first-order valence-electron chi connectivity index (χ1n) is 7.37. The van der Waals surface area contributed by atoms with Gasteiger partial charge in [0.15, 0.2) is 0 Å². The standard InChI is InChI=1S/C19H16FN3/c1-12(2)23-11-22-18-9-14(4-7-19(18)23)13(3)17-6-5-16(20)8-15(17)10-21/h4-9,11-12H,3H2,1-2H3. The molecular formula is C19H16FN3. The smallest absolute Gasteiger partial charge is 0.124 e. The summed E-state index contributed by atoms with van der Waals surface area (Å²) in [4.78, 5) is 4.43. The molecule has 0 saturated carbocycles. The monoisotopic (exact) mass is 305 g/mol. The first kappa shape index (κ1) is 15.0. The van der Waals surface area contributed by atoms with Gasteiger partial charge in [0.1, 0.15) is 5.82 Å². The molecule has 0 N–H and O–H groups in total. The second-order valence-electron chi connectivity index (χ2n) is 5.73. The van der Waals surface area contributed by atoms with Crippen molar-refractivity contribution in [2.45, 2.75) is 19.9 Å². The third-order valence-corrected chi connectivity index (χ3v) is 3.91. The van der Waals surface area contributed by atoms with Gasteiger partial charge in [-0.25, -0.2) is 9.37 Å². The zero-order valence-electron chi connectivity index (χ0n) is 13.0. The molecule has 0 aliphatic carbocycles. The number of fused-ring (bicyclic) bond motifs is 1. The fraction of sp³-hybridized carbons (Fsp3) is 0.158.